The zero-order valence-electron chi connectivity index (χ0n) is 15.4. The minimum Gasteiger partial charge on any atom is -0.385 e. The van der Waals surface area contributed by atoms with Gasteiger partial charge in [-0.05, 0) is 30.2 Å². The normalized spacial score (nSPS) is 13.1. The summed E-state index contributed by atoms with van der Waals surface area (Å²) in [5, 5.41) is 4.24. The van der Waals surface area contributed by atoms with Gasteiger partial charge >= 0.3 is 6.18 Å². The molecule has 29 heavy (non-hydrogen) atoms. The Balaban J connectivity index is 1.58. The smallest absolute Gasteiger partial charge is 0.385 e. The molecule has 0 bridgehead atoms. The number of hydrogen-bond donors (Lipinski definition) is 1. The van der Waals surface area contributed by atoms with E-state index in [1.807, 2.05) is 6.07 Å². The van der Waals surface area contributed by atoms with Crippen molar-refractivity contribution in [1.82, 2.24) is 29.7 Å². The van der Waals surface area contributed by atoms with Crippen LogP contribution in [-0.4, -0.2) is 49.6 Å². The highest BCUT2D eigenvalue weighted by Crippen LogP contribution is 2.37. The summed E-state index contributed by atoms with van der Waals surface area (Å²) in [6, 6.07) is 6.57. The van der Waals surface area contributed by atoms with E-state index in [9.17, 15) is 13.2 Å². The number of hydrogen-bond acceptors (Lipinski definition) is 5. The van der Waals surface area contributed by atoms with Crippen LogP contribution in [0, 0.1) is 0 Å². The predicted octanol–water partition coefficient (Wildman–Crippen LogP) is 3.89. The Labute approximate surface area is 163 Å². The zero-order valence-corrected chi connectivity index (χ0v) is 15.4. The molecule has 4 heterocycles. The maximum absolute atomic E-state index is 13.3. The third-order valence-electron chi connectivity index (χ3n) is 4.53. The largest absolute Gasteiger partial charge is 0.395 e. The van der Waals surface area contributed by atoms with Gasteiger partial charge in [-0.2, -0.15) is 18.3 Å². The number of aromatic amines is 1. The number of ether oxygens (including phenoxy) is 1. The SMILES string of the molecule is COCCC(c1ccc(-n2cc(-c3nc4cccnc4[nH]3)cn2)nc1)C(F)(F)F. The van der Waals surface area contributed by atoms with Crippen LogP contribution in [0.1, 0.15) is 17.9 Å². The van der Waals surface area contributed by atoms with Gasteiger partial charge in [-0.1, -0.05) is 6.07 Å². The molecule has 0 radical (unpaired) electrons. The lowest BCUT2D eigenvalue weighted by molar-refractivity contribution is -0.154. The summed E-state index contributed by atoms with van der Waals surface area (Å²) in [6.45, 7) is 0.0147. The van der Waals surface area contributed by atoms with Crippen LogP contribution in [0.2, 0.25) is 0 Å². The molecule has 0 aliphatic heterocycles. The second-order valence-corrected chi connectivity index (χ2v) is 6.46. The first-order valence-electron chi connectivity index (χ1n) is 8.83. The number of pyridine rings is 2. The van der Waals surface area contributed by atoms with Gasteiger partial charge in [0.2, 0.25) is 0 Å². The summed E-state index contributed by atoms with van der Waals surface area (Å²) >= 11 is 0. The molecule has 4 rings (SSSR count). The highest BCUT2D eigenvalue weighted by Gasteiger charge is 2.40. The standard InChI is InChI=1S/C19H17F3N6O/c1-29-8-6-14(19(20,21)22)12-4-5-16(24-9-12)28-11-13(10-25-28)17-26-15-3-2-7-23-18(15)27-17/h2-5,7,9-11,14H,6,8H2,1H3,(H,23,26,27). The fraction of sp³-hybridized carbons (Fsp3) is 0.263. The quantitative estimate of drug-likeness (QED) is 0.529. The van der Waals surface area contributed by atoms with E-state index in [1.54, 1.807) is 24.7 Å². The molecule has 0 aliphatic rings. The summed E-state index contributed by atoms with van der Waals surface area (Å²) < 4.78 is 46.2. The molecule has 0 aliphatic carbocycles. The Morgan fingerprint density at radius 2 is 2.03 bits per heavy atom. The van der Waals surface area contributed by atoms with Crippen LogP contribution in [-0.2, 0) is 4.74 Å². The van der Waals surface area contributed by atoms with E-state index in [4.69, 9.17) is 4.74 Å². The summed E-state index contributed by atoms with van der Waals surface area (Å²) in [4.78, 5) is 15.9. The average Bonchev–Trinajstić information content (AvgIpc) is 3.35. The molecule has 0 saturated carbocycles. The van der Waals surface area contributed by atoms with Crippen molar-refractivity contribution in [3.05, 3.63) is 54.6 Å². The first-order chi connectivity index (χ1) is 14.0. The molecule has 10 heteroatoms. The molecule has 4 aromatic rings. The number of alkyl halides is 3. The lowest BCUT2D eigenvalue weighted by Crippen LogP contribution is -2.22. The Bertz CT molecular complexity index is 1070. The Hall–Kier alpha value is -3.27. The first-order valence-corrected chi connectivity index (χ1v) is 8.83. The van der Waals surface area contributed by atoms with E-state index in [0.29, 0.717) is 22.9 Å². The van der Waals surface area contributed by atoms with Crippen LogP contribution >= 0.6 is 0 Å². The average molecular weight is 402 g/mol. The van der Waals surface area contributed by atoms with Crippen molar-refractivity contribution in [2.24, 2.45) is 0 Å². The molecule has 4 aromatic heterocycles. The molecule has 1 N–H and O–H groups in total. The summed E-state index contributed by atoms with van der Waals surface area (Å²) in [6.07, 6.45) is 1.68. The third-order valence-corrected chi connectivity index (χ3v) is 4.53. The minimum atomic E-state index is -4.37. The highest BCUT2D eigenvalue weighted by molar-refractivity contribution is 5.75. The summed E-state index contributed by atoms with van der Waals surface area (Å²) in [5.41, 5.74) is 2.19. The van der Waals surface area contributed by atoms with E-state index in [-0.39, 0.29) is 18.6 Å². The Morgan fingerprint density at radius 3 is 2.72 bits per heavy atom. The van der Waals surface area contributed by atoms with E-state index < -0.39 is 12.1 Å². The van der Waals surface area contributed by atoms with Gasteiger partial charge in [0.1, 0.15) is 11.3 Å². The topological polar surface area (TPSA) is 81.5 Å². The van der Waals surface area contributed by atoms with Crippen molar-refractivity contribution in [3.8, 4) is 17.2 Å². The van der Waals surface area contributed by atoms with Crippen LogP contribution in [0.4, 0.5) is 13.2 Å². The van der Waals surface area contributed by atoms with E-state index in [2.05, 4.69) is 25.0 Å². The van der Waals surface area contributed by atoms with E-state index in [1.165, 1.54) is 30.1 Å². The molecule has 1 atom stereocenters. The molecule has 7 nitrogen and oxygen atoms in total. The summed E-state index contributed by atoms with van der Waals surface area (Å²) in [5.74, 6) is -0.625. The molecule has 0 aromatic carbocycles. The molecular weight excluding hydrogens is 385 g/mol. The van der Waals surface area contributed by atoms with Crippen molar-refractivity contribution in [1.29, 1.82) is 0 Å². The fourth-order valence-corrected chi connectivity index (χ4v) is 3.05. The second-order valence-electron chi connectivity index (χ2n) is 6.46. The number of nitrogens with zero attached hydrogens (tertiary/aromatic N) is 5. The number of nitrogens with one attached hydrogen (secondary N) is 1. The van der Waals surface area contributed by atoms with Crippen LogP contribution in [0.15, 0.2) is 49.1 Å². The molecule has 0 amide bonds. The third kappa shape index (κ3) is 3.97. The first kappa shape index (κ1) is 19.1. The van der Waals surface area contributed by atoms with E-state index >= 15 is 0 Å². The van der Waals surface area contributed by atoms with Crippen LogP contribution in [0.5, 0.6) is 0 Å². The second kappa shape index (κ2) is 7.63. The Morgan fingerprint density at radius 1 is 1.17 bits per heavy atom. The Kier molecular flexibility index (Phi) is 5.01. The number of halogens is 3. The molecule has 150 valence electrons. The predicted molar refractivity (Wildman–Crippen MR) is 99.5 cm³/mol. The molecule has 0 spiro atoms. The van der Waals surface area contributed by atoms with Crippen LogP contribution in [0.25, 0.3) is 28.4 Å². The van der Waals surface area contributed by atoms with Gasteiger partial charge < -0.3 is 9.72 Å². The van der Waals surface area contributed by atoms with Gasteiger partial charge in [0.15, 0.2) is 11.5 Å². The van der Waals surface area contributed by atoms with Crippen molar-refractivity contribution in [2.45, 2.75) is 18.5 Å². The van der Waals surface area contributed by atoms with Crippen LogP contribution < -0.4 is 0 Å². The van der Waals surface area contributed by atoms with Gasteiger partial charge in [0.05, 0.1) is 17.7 Å². The lowest BCUT2D eigenvalue weighted by atomic mass is 9.97. The summed E-state index contributed by atoms with van der Waals surface area (Å²) in [7, 11) is 1.38. The number of rotatable bonds is 6. The zero-order chi connectivity index (χ0) is 20.4. The van der Waals surface area contributed by atoms with Crippen molar-refractivity contribution in [2.75, 3.05) is 13.7 Å². The number of H-pyrrole nitrogens is 1. The minimum absolute atomic E-state index is 0.0147. The lowest BCUT2D eigenvalue weighted by Gasteiger charge is -2.20. The number of methoxy groups -OCH3 is 1. The fourth-order valence-electron chi connectivity index (χ4n) is 3.05. The molecular formula is C19H17F3N6O. The van der Waals surface area contributed by atoms with Crippen molar-refractivity contribution < 1.29 is 17.9 Å². The van der Waals surface area contributed by atoms with Gasteiger partial charge in [-0.25, -0.2) is 19.6 Å². The van der Waals surface area contributed by atoms with Crippen molar-refractivity contribution >= 4 is 11.2 Å². The number of fused-ring (bicyclic) bond motifs is 1. The number of aromatic nitrogens is 6. The van der Waals surface area contributed by atoms with Gasteiger partial charge in [-0.3, -0.25) is 0 Å². The number of imidazole rings is 1. The van der Waals surface area contributed by atoms with Gasteiger partial charge in [0.25, 0.3) is 0 Å². The monoisotopic (exact) mass is 402 g/mol. The molecule has 0 fully saturated rings. The van der Waals surface area contributed by atoms with E-state index in [0.717, 1.165) is 5.52 Å². The molecule has 1 unspecified atom stereocenters. The highest BCUT2D eigenvalue weighted by atomic mass is 19.4. The van der Waals surface area contributed by atoms with Crippen LogP contribution in [0.3, 0.4) is 0 Å². The van der Waals surface area contributed by atoms with Crippen molar-refractivity contribution in [3.63, 3.8) is 0 Å². The van der Waals surface area contributed by atoms with Gasteiger partial charge in [-0.15, -0.1) is 0 Å². The van der Waals surface area contributed by atoms with Gasteiger partial charge in [0, 0.05) is 32.3 Å². The maximum atomic E-state index is 13.3. The molecule has 0 saturated heterocycles. The maximum Gasteiger partial charge on any atom is 0.395 e.